The minimum absolute atomic E-state index is 0.164. The maximum Gasteiger partial charge on any atom is 0.335 e. The standard InChI is InChI=1S/C14H20O6/c1-3-19-13-10-11(14(15)16)4-5-12(13)20-9-8-18-7-6-17-2/h4-5,10H,3,6-9H2,1-2H3,(H,15,16). The van der Waals surface area contributed by atoms with E-state index in [-0.39, 0.29) is 5.56 Å². The highest BCUT2D eigenvalue weighted by molar-refractivity contribution is 5.88. The van der Waals surface area contributed by atoms with E-state index in [1.165, 1.54) is 12.1 Å². The van der Waals surface area contributed by atoms with E-state index >= 15 is 0 Å². The number of benzene rings is 1. The maximum atomic E-state index is 10.9. The molecule has 0 bridgehead atoms. The molecule has 1 aromatic rings. The first-order valence-corrected chi connectivity index (χ1v) is 6.38. The van der Waals surface area contributed by atoms with Gasteiger partial charge >= 0.3 is 5.97 Å². The average molecular weight is 284 g/mol. The fourth-order valence-corrected chi connectivity index (χ4v) is 1.48. The van der Waals surface area contributed by atoms with Crippen LogP contribution in [0.1, 0.15) is 17.3 Å². The quantitative estimate of drug-likeness (QED) is 0.661. The van der Waals surface area contributed by atoms with Crippen molar-refractivity contribution in [3.8, 4) is 11.5 Å². The third-order valence-corrected chi connectivity index (χ3v) is 2.41. The van der Waals surface area contributed by atoms with Gasteiger partial charge in [0.25, 0.3) is 0 Å². The molecule has 6 nitrogen and oxygen atoms in total. The fourth-order valence-electron chi connectivity index (χ4n) is 1.48. The topological polar surface area (TPSA) is 74.2 Å². The van der Waals surface area contributed by atoms with Crippen LogP contribution in [0, 0.1) is 0 Å². The Labute approximate surface area is 118 Å². The third kappa shape index (κ3) is 5.46. The average Bonchev–Trinajstić information content (AvgIpc) is 2.44. The zero-order valence-electron chi connectivity index (χ0n) is 11.8. The Hall–Kier alpha value is -1.79. The van der Waals surface area contributed by atoms with E-state index in [0.29, 0.717) is 44.5 Å². The zero-order valence-corrected chi connectivity index (χ0v) is 11.8. The van der Waals surface area contributed by atoms with Crippen LogP contribution >= 0.6 is 0 Å². The van der Waals surface area contributed by atoms with Gasteiger partial charge in [0, 0.05) is 7.11 Å². The van der Waals surface area contributed by atoms with Crippen molar-refractivity contribution in [3.63, 3.8) is 0 Å². The summed E-state index contributed by atoms with van der Waals surface area (Å²) in [5.41, 5.74) is 0.164. The number of aromatic carboxylic acids is 1. The second-order valence-electron chi connectivity index (χ2n) is 3.85. The first kappa shape index (κ1) is 16.3. The summed E-state index contributed by atoms with van der Waals surface area (Å²) >= 11 is 0. The van der Waals surface area contributed by atoms with Gasteiger partial charge in [0.2, 0.25) is 0 Å². The number of rotatable bonds is 10. The van der Waals surface area contributed by atoms with Crippen molar-refractivity contribution in [3.05, 3.63) is 23.8 Å². The number of methoxy groups -OCH3 is 1. The van der Waals surface area contributed by atoms with Crippen LogP contribution in [0.5, 0.6) is 11.5 Å². The van der Waals surface area contributed by atoms with Gasteiger partial charge in [0.05, 0.1) is 32.0 Å². The van der Waals surface area contributed by atoms with Crippen molar-refractivity contribution >= 4 is 5.97 Å². The third-order valence-electron chi connectivity index (χ3n) is 2.41. The summed E-state index contributed by atoms with van der Waals surface area (Å²) in [5.74, 6) is -0.0723. The summed E-state index contributed by atoms with van der Waals surface area (Å²) in [7, 11) is 1.61. The van der Waals surface area contributed by atoms with E-state index in [1.807, 2.05) is 6.92 Å². The molecule has 0 saturated heterocycles. The van der Waals surface area contributed by atoms with Gasteiger partial charge in [0.1, 0.15) is 6.61 Å². The number of carboxylic acids is 1. The van der Waals surface area contributed by atoms with E-state index in [2.05, 4.69) is 0 Å². The van der Waals surface area contributed by atoms with E-state index < -0.39 is 5.97 Å². The van der Waals surface area contributed by atoms with Crippen molar-refractivity contribution in [2.45, 2.75) is 6.92 Å². The number of hydrogen-bond donors (Lipinski definition) is 1. The molecule has 0 saturated carbocycles. The molecule has 0 atom stereocenters. The Kier molecular flexibility index (Phi) is 7.46. The van der Waals surface area contributed by atoms with Crippen molar-refractivity contribution < 1.29 is 28.8 Å². The van der Waals surface area contributed by atoms with Crippen molar-refractivity contribution in [2.75, 3.05) is 40.1 Å². The highest BCUT2D eigenvalue weighted by atomic mass is 16.5. The Balaban J connectivity index is 2.53. The summed E-state index contributed by atoms with van der Waals surface area (Å²) < 4.78 is 21.0. The molecule has 0 spiro atoms. The van der Waals surface area contributed by atoms with Crippen LogP contribution < -0.4 is 9.47 Å². The largest absolute Gasteiger partial charge is 0.490 e. The molecule has 0 aromatic heterocycles. The molecule has 0 aliphatic carbocycles. The minimum atomic E-state index is -1.000. The molecular formula is C14H20O6. The van der Waals surface area contributed by atoms with Gasteiger partial charge in [-0.25, -0.2) is 4.79 Å². The molecule has 1 rings (SSSR count). The zero-order chi connectivity index (χ0) is 14.8. The van der Waals surface area contributed by atoms with Crippen LogP contribution in [0.25, 0.3) is 0 Å². The van der Waals surface area contributed by atoms with Crippen LogP contribution in [-0.2, 0) is 9.47 Å². The lowest BCUT2D eigenvalue weighted by Crippen LogP contribution is -2.11. The second-order valence-corrected chi connectivity index (χ2v) is 3.85. The van der Waals surface area contributed by atoms with Gasteiger partial charge < -0.3 is 24.1 Å². The molecule has 0 radical (unpaired) electrons. The molecule has 112 valence electrons. The normalized spacial score (nSPS) is 10.3. The summed E-state index contributed by atoms with van der Waals surface area (Å²) in [6.45, 7) is 4.09. The Morgan fingerprint density at radius 1 is 1.10 bits per heavy atom. The van der Waals surface area contributed by atoms with E-state index in [1.54, 1.807) is 13.2 Å². The number of carboxylic acid groups (broad SMARTS) is 1. The minimum Gasteiger partial charge on any atom is -0.490 e. The van der Waals surface area contributed by atoms with Gasteiger partial charge in [-0.3, -0.25) is 0 Å². The van der Waals surface area contributed by atoms with Crippen LogP contribution in [0.3, 0.4) is 0 Å². The van der Waals surface area contributed by atoms with Crippen molar-refractivity contribution in [1.29, 1.82) is 0 Å². The highest BCUT2D eigenvalue weighted by Gasteiger charge is 2.10. The lowest BCUT2D eigenvalue weighted by atomic mass is 10.2. The lowest BCUT2D eigenvalue weighted by molar-refractivity contribution is 0.0538. The second kappa shape index (κ2) is 9.17. The van der Waals surface area contributed by atoms with Crippen LogP contribution in [0.15, 0.2) is 18.2 Å². The Bertz CT molecular complexity index is 418. The smallest absolute Gasteiger partial charge is 0.335 e. The van der Waals surface area contributed by atoms with Gasteiger partial charge in [-0.2, -0.15) is 0 Å². The van der Waals surface area contributed by atoms with E-state index in [0.717, 1.165) is 0 Å². The molecule has 0 aliphatic rings. The summed E-state index contributed by atoms with van der Waals surface area (Å²) in [4.78, 5) is 10.9. The van der Waals surface area contributed by atoms with Crippen molar-refractivity contribution in [1.82, 2.24) is 0 Å². The lowest BCUT2D eigenvalue weighted by Gasteiger charge is -2.12. The maximum absolute atomic E-state index is 10.9. The monoisotopic (exact) mass is 284 g/mol. The first-order valence-electron chi connectivity index (χ1n) is 6.38. The molecule has 0 aliphatic heterocycles. The molecule has 1 aromatic carbocycles. The van der Waals surface area contributed by atoms with E-state index in [4.69, 9.17) is 24.1 Å². The molecule has 0 fully saturated rings. The first-order chi connectivity index (χ1) is 9.69. The molecule has 0 heterocycles. The van der Waals surface area contributed by atoms with Crippen molar-refractivity contribution in [2.24, 2.45) is 0 Å². The van der Waals surface area contributed by atoms with Gasteiger partial charge in [-0.15, -0.1) is 0 Å². The highest BCUT2D eigenvalue weighted by Crippen LogP contribution is 2.28. The summed E-state index contributed by atoms with van der Waals surface area (Å²) in [6.07, 6.45) is 0. The molecular weight excluding hydrogens is 264 g/mol. The summed E-state index contributed by atoms with van der Waals surface area (Å²) in [5, 5.41) is 8.94. The van der Waals surface area contributed by atoms with Gasteiger partial charge in [-0.05, 0) is 25.1 Å². The molecule has 0 unspecified atom stereocenters. The Morgan fingerprint density at radius 2 is 1.85 bits per heavy atom. The molecule has 20 heavy (non-hydrogen) atoms. The Morgan fingerprint density at radius 3 is 2.50 bits per heavy atom. The molecule has 6 heteroatoms. The number of ether oxygens (including phenoxy) is 4. The molecule has 0 amide bonds. The molecule has 1 N–H and O–H groups in total. The van der Waals surface area contributed by atoms with Crippen LogP contribution in [0.4, 0.5) is 0 Å². The number of carbonyl (C=O) groups is 1. The van der Waals surface area contributed by atoms with E-state index in [9.17, 15) is 4.79 Å². The predicted octanol–water partition coefficient (Wildman–Crippen LogP) is 1.83. The van der Waals surface area contributed by atoms with Crippen LogP contribution in [0.2, 0.25) is 0 Å². The SMILES string of the molecule is CCOc1cc(C(=O)O)ccc1OCCOCCOC. The fraction of sp³-hybridized carbons (Fsp3) is 0.500. The summed E-state index contributed by atoms with van der Waals surface area (Å²) in [6, 6.07) is 4.52. The van der Waals surface area contributed by atoms with Gasteiger partial charge in [0.15, 0.2) is 11.5 Å². The van der Waals surface area contributed by atoms with Gasteiger partial charge in [-0.1, -0.05) is 0 Å². The van der Waals surface area contributed by atoms with Crippen LogP contribution in [-0.4, -0.2) is 51.2 Å². The predicted molar refractivity (Wildman–Crippen MR) is 72.8 cm³/mol. The number of hydrogen-bond acceptors (Lipinski definition) is 5.